The van der Waals surface area contributed by atoms with Crippen LogP contribution in [0, 0.1) is 18.8 Å². The van der Waals surface area contributed by atoms with Crippen molar-refractivity contribution in [2.45, 2.75) is 13.0 Å². The Hall–Kier alpha value is -2.66. The molecule has 2 fully saturated rings. The molecule has 2 heterocycles. The predicted octanol–water partition coefficient (Wildman–Crippen LogP) is 3.16. The van der Waals surface area contributed by atoms with Crippen LogP contribution in [0.2, 0.25) is 0 Å². The number of aryl methyl sites for hydroxylation is 1. The Morgan fingerprint density at radius 2 is 1.64 bits per heavy atom. The summed E-state index contributed by atoms with van der Waals surface area (Å²) in [6.45, 7) is 4.57. The van der Waals surface area contributed by atoms with Crippen LogP contribution in [-0.4, -0.2) is 55.5 Å². The normalized spacial score (nSPS) is 24.2. The number of nitrogens with zero attached hydrogens (tertiary/aromatic N) is 2. The monoisotopic (exact) mass is 378 g/mol. The zero-order valence-corrected chi connectivity index (χ0v) is 16.6. The number of carbonyl (C=O) groups excluding carboxylic acids is 2. The zero-order chi connectivity index (χ0) is 19.8. The van der Waals surface area contributed by atoms with Crippen LogP contribution in [0.4, 0.5) is 0 Å². The van der Waals surface area contributed by atoms with E-state index >= 15 is 0 Å². The molecular weight excluding hydrogens is 352 g/mol. The average molecular weight is 378 g/mol. The Morgan fingerprint density at radius 3 is 2.36 bits per heavy atom. The first-order valence-corrected chi connectivity index (χ1v) is 9.73. The highest BCUT2D eigenvalue weighted by Crippen LogP contribution is 2.45. The van der Waals surface area contributed by atoms with E-state index in [0.29, 0.717) is 35.5 Å². The zero-order valence-electron chi connectivity index (χ0n) is 16.6. The van der Waals surface area contributed by atoms with Crippen molar-refractivity contribution in [1.82, 2.24) is 9.80 Å². The summed E-state index contributed by atoms with van der Waals surface area (Å²) in [4.78, 5) is 29.6. The Labute approximate surface area is 165 Å². The third-order valence-corrected chi connectivity index (χ3v) is 6.25. The molecule has 0 unspecified atom stereocenters. The lowest BCUT2D eigenvalue weighted by Gasteiger charge is -2.28. The third-order valence-electron chi connectivity index (χ3n) is 6.25. The van der Waals surface area contributed by atoms with Crippen molar-refractivity contribution in [3.05, 3.63) is 70.8 Å². The Bertz CT molecular complexity index is 910. The number of methoxy groups -OCH3 is 1. The van der Waals surface area contributed by atoms with Crippen molar-refractivity contribution in [3.63, 3.8) is 0 Å². The molecule has 2 aromatic rings. The van der Waals surface area contributed by atoms with E-state index < -0.39 is 5.97 Å². The third kappa shape index (κ3) is 3.10. The van der Waals surface area contributed by atoms with E-state index in [2.05, 4.69) is 43.1 Å². The Balaban J connectivity index is 1.59. The standard InChI is InChI=1S/C23H26N2O3/c1-15-8-4-5-9-17(15)21-20-14-25(13-16(20)12-24(21)2)22(26)18-10-6-7-11-19(18)23(27)28-3/h4-11,16,20-21H,12-14H2,1-3H3/t16-,20+,21+/m0/s1. The highest BCUT2D eigenvalue weighted by atomic mass is 16.5. The van der Waals surface area contributed by atoms with Gasteiger partial charge in [-0.25, -0.2) is 4.79 Å². The molecule has 5 heteroatoms. The van der Waals surface area contributed by atoms with E-state index in [1.165, 1.54) is 18.2 Å². The van der Waals surface area contributed by atoms with Gasteiger partial charge in [0.2, 0.25) is 0 Å². The highest BCUT2D eigenvalue weighted by Gasteiger charge is 2.47. The van der Waals surface area contributed by atoms with Crippen LogP contribution >= 0.6 is 0 Å². The fourth-order valence-electron chi connectivity index (χ4n) is 4.94. The van der Waals surface area contributed by atoms with Gasteiger partial charge in [0.25, 0.3) is 5.91 Å². The topological polar surface area (TPSA) is 49.9 Å². The number of rotatable bonds is 3. The van der Waals surface area contributed by atoms with Crippen molar-refractivity contribution in [1.29, 1.82) is 0 Å². The van der Waals surface area contributed by atoms with Crippen molar-refractivity contribution in [2.75, 3.05) is 33.8 Å². The molecule has 0 saturated carbocycles. The summed E-state index contributed by atoms with van der Waals surface area (Å²) in [5.41, 5.74) is 3.40. The summed E-state index contributed by atoms with van der Waals surface area (Å²) in [6, 6.07) is 15.8. The lowest BCUT2D eigenvalue weighted by molar-refractivity contribution is 0.0591. The van der Waals surface area contributed by atoms with Gasteiger partial charge in [-0.05, 0) is 43.1 Å². The molecule has 0 spiro atoms. The van der Waals surface area contributed by atoms with Gasteiger partial charge in [-0.2, -0.15) is 0 Å². The minimum atomic E-state index is -0.471. The summed E-state index contributed by atoms with van der Waals surface area (Å²) >= 11 is 0. The highest BCUT2D eigenvalue weighted by molar-refractivity contribution is 6.05. The van der Waals surface area contributed by atoms with Crippen LogP contribution in [0.15, 0.2) is 48.5 Å². The predicted molar refractivity (Wildman–Crippen MR) is 107 cm³/mol. The van der Waals surface area contributed by atoms with Crippen LogP contribution in [-0.2, 0) is 4.74 Å². The van der Waals surface area contributed by atoms with Crippen molar-refractivity contribution >= 4 is 11.9 Å². The molecule has 2 aromatic carbocycles. The number of esters is 1. The van der Waals surface area contributed by atoms with E-state index in [1.807, 2.05) is 4.90 Å². The van der Waals surface area contributed by atoms with Crippen LogP contribution in [0.25, 0.3) is 0 Å². The number of hydrogen-bond acceptors (Lipinski definition) is 4. The quantitative estimate of drug-likeness (QED) is 0.770. The lowest BCUT2D eigenvalue weighted by atomic mass is 9.88. The van der Waals surface area contributed by atoms with Gasteiger partial charge in [-0.15, -0.1) is 0 Å². The number of benzene rings is 2. The first kappa shape index (κ1) is 18.7. The van der Waals surface area contributed by atoms with Crippen LogP contribution in [0.3, 0.4) is 0 Å². The molecule has 0 aromatic heterocycles. The molecule has 2 saturated heterocycles. The second-order valence-electron chi connectivity index (χ2n) is 7.91. The molecule has 28 heavy (non-hydrogen) atoms. The maximum absolute atomic E-state index is 13.2. The second kappa shape index (κ2) is 7.40. The van der Waals surface area contributed by atoms with Gasteiger partial charge in [0.1, 0.15) is 0 Å². The first-order chi connectivity index (χ1) is 13.5. The number of hydrogen-bond donors (Lipinski definition) is 0. The number of fused-ring (bicyclic) bond motifs is 1. The van der Waals surface area contributed by atoms with Gasteiger partial charge < -0.3 is 9.64 Å². The SMILES string of the molecule is COC(=O)c1ccccc1C(=O)N1C[C@@H]2CN(C)[C@H](c3ccccc3C)[C@@H]2C1. The summed E-state index contributed by atoms with van der Waals surface area (Å²) in [6.07, 6.45) is 0. The summed E-state index contributed by atoms with van der Waals surface area (Å²) in [5.74, 6) is 0.298. The Morgan fingerprint density at radius 1 is 0.964 bits per heavy atom. The van der Waals surface area contributed by atoms with E-state index in [4.69, 9.17) is 4.74 Å². The number of ether oxygens (including phenoxy) is 1. The average Bonchev–Trinajstić information content (AvgIpc) is 3.24. The van der Waals surface area contributed by atoms with Crippen molar-refractivity contribution in [2.24, 2.45) is 11.8 Å². The van der Waals surface area contributed by atoms with E-state index in [1.54, 1.807) is 24.3 Å². The van der Waals surface area contributed by atoms with E-state index in [-0.39, 0.29) is 5.91 Å². The summed E-state index contributed by atoms with van der Waals surface area (Å²) in [5, 5.41) is 0. The van der Waals surface area contributed by atoms with Gasteiger partial charge in [0.15, 0.2) is 0 Å². The molecule has 0 aliphatic carbocycles. The molecule has 2 aliphatic heterocycles. The first-order valence-electron chi connectivity index (χ1n) is 9.73. The fraction of sp³-hybridized carbons (Fsp3) is 0.391. The van der Waals surface area contributed by atoms with Gasteiger partial charge in [-0.3, -0.25) is 9.69 Å². The van der Waals surface area contributed by atoms with Gasteiger partial charge in [-0.1, -0.05) is 36.4 Å². The molecule has 3 atom stereocenters. The largest absolute Gasteiger partial charge is 0.465 e. The molecular formula is C23H26N2O3. The molecule has 146 valence electrons. The van der Waals surface area contributed by atoms with Gasteiger partial charge in [0.05, 0.1) is 18.2 Å². The lowest BCUT2D eigenvalue weighted by Crippen LogP contribution is -2.34. The van der Waals surface area contributed by atoms with Crippen molar-refractivity contribution in [3.8, 4) is 0 Å². The summed E-state index contributed by atoms with van der Waals surface area (Å²) in [7, 11) is 3.51. The Kier molecular flexibility index (Phi) is 4.94. The van der Waals surface area contributed by atoms with Crippen LogP contribution in [0.5, 0.6) is 0 Å². The number of carbonyl (C=O) groups is 2. The maximum Gasteiger partial charge on any atom is 0.338 e. The molecule has 0 bridgehead atoms. The number of likely N-dealkylation sites (tertiary alicyclic amines) is 2. The molecule has 0 N–H and O–H groups in total. The van der Waals surface area contributed by atoms with Crippen molar-refractivity contribution < 1.29 is 14.3 Å². The number of amides is 1. The molecule has 4 rings (SSSR count). The fourth-order valence-corrected chi connectivity index (χ4v) is 4.94. The maximum atomic E-state index is 13.2. The van der Waals surface area contributed by atoms with Gasteiger partial charge in [0, 0.05) is 31.6 Å². The summed E-state index contributed by atoms with van der Waals surface area (Å²) < 4.78 is 4.85. The molecule has 2 aliphatic rings. The van der Waals surface area contributed by atoms with Gasteiger partial charge >= 0.3 is 5.97 Å². The molecule has 1 amide bonds. The molecule has 5 nitrogen and oxygen atoms in total. The molecule has 0 radical (unpaired) electrons. The minimum absolute atomic E-state index is 0.0819. The van der Waals surface area contributed by atoms with E-state index in [0.717, 1.165) is 13.1 Å². The second-order valence-corrected chi connectivity index (χ2v) is 7.91. The smallest absolute Gasteiger partial charge is 0.338 e. The minimum Gasteiger partial charge on any atom is -0.465 e. The van der Waals surface area contributed by atoms with Crippen LogP contribution < -0.4 is 0 Å². The van der Waals surface area contributed by atoms with E-state index in [9.17, 15) is 9.59 Å². The van der Waals surface area contributed by atoms with Crippen LogP contribution in [0.1, 0.15) is 37.9 Å².